The van der Waals surface area contributed by atoms with Crippen molar-refractivity contribution in [3.05, 3.63) is 36.4 Å². The number of phenolic OH excluding ortho intramolecular Hbond substituents is 1. The molecule has 61 valence electrons. The molecule has 2 aromatic rings. The summed E-state index contributed by atoms with van der Waals surface area (Å²) in [5.41, 5.74) is 6.41. The van der Waals surface area contributed by atoms with Gasteiger partial charge in [0.05, 0.1) is 0 Å². The number of hydrogen-bond acceptors (Lipinski definition) is 2. The summed E-state index contributed by atoms with van der Waals surface area (Å²) in [5, 5.41) is 11.1. The fraction of sp³-hybridized carbons (Fsp3) is 0. The summed E-state index contributed by atoms with van der Waals surface area (Å²) in [6, 6.07) is 10.8. The van der Waals surface area contributed by atoms with Gasteiger partial charge in [0.1, 0.15) is 5.75 Å². The van der Waals surface area contributed by atoms with Crippen molar-refractivity contribution in [1.29, 1.82) is 0 Å². The number of fused-ring (bicyclic) bond motifs is 1. The first-order chi connectivity index (χ1) is 5.79. The summed E-state index contributed by atoms with van der Waals surface area (Å²) in [6.45, 7) is 0. The molecule has 2 aromatic carbocycles. The smallest absolute Gasteiger partial charge is 0.123 e. The second-order valence-corrected chi connectivity index (χ2v) is 2.72. The van der Waals surface area contributed by atoms with Crippen molar-refractivity contribution in [3.8, 4) is 5.75 Å². The Morgan fingerprint density at radius 3 is 2.23 bits per heavy atom. The van der Waals surface area contributed by atoms with E-state index in [1.54, 1.807) is 12.1 Å². The van der Waals surface area contributed by atoms with Crippen LogP contribution in [-0.4, -0.2) is 34.7 Å². The van der Waals surface area contributed by atoms with Crippen LogP contribution in [0.15, 0.2) is 36.4 Å². The van der Waals surface area contributed by atoms with Gasteiger partial charge in [0.25, 0.3) is 0 Å². The third-order valence-electron chi connectivity index (χ3n) is 1.93. The summed E-state index contributed by atoms with van der Waals surface area (Å²) in [5.74, 6) is 0.278. The Kier molecular flexibility index (Phi) is 3.20. The van der Waals surface area contributed by atoms with Gasteiger partial charge < -0.3 is 10.8 Å². The van der Waals surface area contributed by atoms with Gasteiger partial charge in [-0.1, -0.05) is 24.3 Å². The number of phenols is 1. The van der Waals surface area contributed by atoms with Gasteiger partial charge in [0.15, 0.2) is 0 Å². The van der Waals surface area contributed by atoms with E-state index < -0.39 is 0 Å². The summed E-state index contributed by atoms with van der Waals surface area (Å²) >= 11 is 0. The van der Waals surface area contributed by atoms with E-state index in [0.29, 0.717) is 5.69 Å². The first-order valence-corrected chi connectivity index (χ1v) is 3.75. The van der Waals surface area contributed by atoms with Crippen LogP contribution in [0.5, 0.6) is 5.75 Å². The molecule has 0 amide bonds. The number of aromatic hydroxyl groups is 1. The number of nitrogens with two attached hydrogens (primary N) is 1. The van der Waals surface area contributed by atoms with Crippen molar-refractivity contribution in [1.82, 2.24) is 0 Å². The molecule has 13 heavy (non-hydrogen) atoms. The molecule has 2 rings (SSSR count). The molecule has 0 bridgehead atoms. The van der Waals surface area contributed by atoms with E-state index in [0.717, 1.165) is 10.8 Å². The van der Waals surface area contributed by atoms with Crippen molar-refractivity contribution in [2.45, 2.75) is 0 Å². The summed E-state index contributed by atoms with van der Waals surface area (Å²) in [4.78, 5) is 0. The molecule has 0 atom stereocenters. The normalized spacial score (nSPS) is 9.54. The maximum absolute atomic E-state index is 9.44. The Hall–Kier alpha value is -0.700. The largest absolute Gasteiger partial charge is 0.507 e. The van der Waals surface area contributed by atoms with Gasteiger partial charge in [-0.3, -0.25) is 0 Å². The van der Waals surface area contributed by atoms with E-state index in [-0.39, 0.29) is 35.3 Å². The van der Waals surface area contributed by atoms with Crippen molar-refractivity contribution in [3.63, 3.8) is 0 Å². The SMILES string of the molecule is Nc1cccc2c(O)cccc12.[Na]. The van der Waals surface area contributed by atoms with Crippen LogP contribution in [0.3, 0.4) is 0 Å². The van der Waals surface area contributed by atoms with Crippen LogP contribution >= 0.6 is 0 Å². The second-order valence-electron chi connectivity index (χ2n) is 2.72. The van der Waals surface area contributed by atoms with Crippen LogP contribution in [0.4, 0.5) is 5.69 Å². The quantitative estimate of drug-likeness (QED) is 0.481. The molecule has 3 heteroatoms. The molecule has 0 unspecified atom stereocenters. The third-order valence-corrected chi connectivity index (χ3v) is 1.93. The van der Waals surface area contributed by atoms with Gasteiger partial charge in [-0.2, -0.15) is 0 Å². The summed E-state index contributed by atoms with van der Waals surface area (Å²) < 4.78 is 0. The van der Waals surface area contributed by atoms with E-state index in [4.69, 9.17) is 5.73 Å². The molecule has 1 radical (unpaired) electrons. The van der Waals surface area contributed by atoms with Crippen molar-refractivity contribution in [2.24, 2.45) is 0 Å². The topological polar surface area (TPSA) is 46.2 Å². The van der Waals surface area contributed by atoms with E-state index in [2.05, 4.69) is 0 Å². The molecule has 0 aliphatic rings. The Morgan fingerprint density at radius 2 is 1.54 bits per heavy atom. The van der Waals surface area contributed by atoms with Gasteiger partial charge in [-0.15, -0.1) is 0 Å². The molecule has 0 spiro atoms. The molecular weight excluding hydrogens is 173 g/mol. The Balaban J connectivity index is 0.000000845. The maximum atomic E-state index is 9.44. The van der Waals surface area contributed by atoms with Crippen molar-refractivity contribution >= 4 is 46.0 Å². The molecule has 0 heterocycles. The summed E-state index contributed by atoms with van der Waals surface area (Å²) in [7, 11) is 0. The van der Waals surface area contributed by atoms with E-state index in [1.807, 2.05) is 24.3 Å². The zero-order valence-corrected chi connectivity index (χ0v) is 9.49. The van der Waals surface area contributed by atoms with E-state index >= 15 is 0 Å². The number of rotatable bonds is 0. The minimum Gasteiger partial charge on any atom is -0.507 e. The predicted molar refractivity (Wildman–Crippen MR) is 55.8 cm³/mol. The molecule has 0 fully saturated rings. The fourth-order valence-corrected chi connectivity index (χ4v) is 1.32. The Labute approximate surface area is 98.7 Å². The summed E-state index contributed by atoms with van der Waals surface area (Å²) in [6.07, 6.45) is 0. The van der Waals surface area contributed by atoms with Crippen molar-refractivity contribution in [2.75, 3.05) is 5.73 Å². The van der Waals surface area contributed by atoms with E-state index in [1.165, 1.54) is 0 Å². The molecule has 0 aromatic heterocycles. The molecule has 0 saturated carbocycles. The van der Waals surface area contributed by atoms with Gasteiger partial charge in [-0.05, 0) is 12.1 Å². The minimum absolute atomic E-state index is 0. The van der Waals surface area contributed by atoms with Gasteiger partial charge in [0, 0.05) is 46.0 Å². The average molecular weight is 182 g/mol. The van der Waals surface area contributed by atoms with Gasteiger partial charge in [-0.25, -0.2) is 0 Å². The number of benzene rings is 2. The molecular formula is C10H9NNaO. The zero-order chi connectivity index (χ0) is 8.55. The average Bonchev–Trinajstić information content (AvgIpc) is 2.07. The van der Waals surface area contributed by atoms with Crippen molar-refractivity contribution < 1.29 is 5.11 Å². The third kappa shape index (κ3) is 1.80. The Bertz CT molecular complexity index is 387. The number of nitrogen functional groups attached to an aromatic ring is 1. The first-order valence-electron chi connectivity index (χ1n) is 3.75. The molecule has 2 nitrogen and oxygen atoms in total. The van der Waals surface area contributed by atoms with Crippen LogP contribution < -0.4 is 5.73 Å². The first kappa shape index (κ1) is 10.4. The number of hydrogen-bond donors (Lipinski definition) is 2. The van der Waals surface area contributed by atoms with Crippen LogP contribution in [0.2, 0.25) is 0 Å². The predicted octanol–water partition coefficient (Wildman–Crippen LogP) is 1.75. The maximum Gasteiger partial charge on any atom is 0.123 e. The van der Waals surface area contributed by atoms with Crippen LogP contribution in [0.25, 0.3) is 10.8 Å². The Morgan fingerprint density at radius 1 is 0.923 bits per heavy atom. The van der Waals surface area contributed by atoms with Gasteiger partial charge in [0.2, 0.25) is 0 Å². The molecule has 0 aliphatic carbocycles. The molecule has 0 saturated heterocycles. The van der Waals surface area contributed by atoms with Crippen LogP contribution in [0.1, 0.15) is 0 Å². The fourth-order valence-electron chi connectivity index (χ4n) is 1.32. The number of anilines is 1. The van der Waals surface area contributed by atoms with Gasteiger partial charge >= 0.3 is 0 Å². The molecule has 0 aliphatic heterocycles. The van der Waals surface area contributed by atoms with E-state index in [9.17, 15) is 5.11 Å². The van der Waals surface area contributed by atoms with Crippen LogP contribution in [0, 0.1) is 0 Å². The second kappa shape index (κ2) is 4.01. The monoisotopic (exact) mass is 182 g/mol. The molecule has 3 N–H and O–H groups in total. The van der Waals surface area contributed by atoms with Crippen LogP contribution in [-0.2, 0) is 0 Å². The standard InChI is InChI=1S/C10H9NO.Na/c11-9-5-1-4-8-7(9)3-2-6-10(8)12;/h1-6,12H,11H2;. The minimum atomic E-state index is 0. The zero-order valence-electron chi connectivity index (χ0n) is 7.49.